The topological polar surface area (TPSA) is 63.2 Å². The number of unbranched alkanes of at least 4 members (excludes halogenated alkanes) is 5. The van der Waals surface area contributed by atoms with Gasteiger partial charge in [0.15, 0.2) is 0 Å². The number of carbonyl (C=O) groups excluding carboxylic acids is 1. The number of ether oxygens (including phenoxy) is 2. The first-order chi connectivity index (χ1) is 11.6. The molecule has 0 aromatic carbocycles. The molecule has 0 N–H and O–H groups in total. The molecule has 0 bridgehead atoms. The molecule has 0 spiro atoms. The Morgan fingerprint density at radius 3 is 2.12 bits per heavy atom. The largest absolute Gasteiger partial charge is 0.502 e. The summed E-state index contributed by atoms with van der Waals surface area (Å²) in [5.41, 5.74) is 0. The number of carbonyl (C=O) groups is 1. The van der Waals surface area contributed by atoms with Crippen LogP contribution in [0.5, 0.6) is 0 Å². The van der Waals surface area contributed by atoms with Crippen LogP contribution in [0.25, 0.3) is 0 Å². The first-order valence-corrected chi connectivity index (χ1v) is 11.1. The average molecular weight is 365 g/mol. The molecule has 0 radical (unpaired) electrons. The second kappa shape index (κ2) is 14.8. The molecule has 0 rings (SSSR count). The Labute approximate surface area is 148 Å². The maximum Gasteiger partial charge on any atom is 0.502 e. The van der Waals surface area contributed by atoms with Crippen molar-refractivity contribution in [3.8, 4) is 0 Å². The van der Waals surface area contributed by atoms with E-state index in [0.717, 1.165) is 18.9 Å². The molecule has 144 valence electrons. The van der Waals surface area contributed by atoms with Gasteiger partial charge in [0.1, 0.15) is 6.79 Å². The molecular weight excluding hydrogens is 328 g/mol. The molecule has 0 aliphatic carbocycles. The van der Waals surface area contributed by atoms with Gasteiger partial charge in [-0.25, -0.2) is 0 Å². The second-order valence-corrected chi connectivity index (χ2v) is 8.69. The minimum atomic E-state index is -2.71. The maximum absolute atomic E-state index is 11.3. The summed E-state index contributed by atoms with van der Waals surface area (Å²) in [5.74, 6) is -0.282. The van der Waals surface area contributed by atoms with Crippen molar-refractivity contribution in [2.45, 2.75) is 84.5 Å². The molecule has 1 atom stereocenters. The SMILES string of the molecule is CCCCCCCC[Si](OC)(OC)OCOC(CC)OC(=O)CC. The molecule has 24 heavy (non-hydrogen) atoms. The highest BCUT2D eigenvalue weighted by Crippen LogP contribution is 2.19. The normalized spacial score (nSPS) is 13.0. The van der Waals surface area contributed by atoms with Gasteiger partial charge in [0.2, 0.25) is 6.29 Å². The van der Waals surface area contributed by atoms with Gasteiger partial charge < -0.3 is 22.8 Å². The van der Waals surface area contributed by atoms with Gasteiger partial charge in [-0.2, -0.15) is 0 Å². The third-order valence-corrected chi connectivity index (χ3v) is 6.64. The average Bonchev–Trinajstić information content (AvgIpc) is 2.62. The molecule has 1 unspecified atom stereocenters. The van der Waals surface area contributed by atoms with E-state index in [9.17, 15) is 4.79 Å². The van der Waals surface area contributed by atoms with Crippen LogP contribution >= 0.6 is 0 Å². The van der Waals surface area contributed by atoms with Crippen molar-refractivity contribution in [1.29, 1.82) is 0 Å². The fourth-order valence-corrected chi connectivity index (χ4v) is 4.15. The number of hydrogen-bond acceptors (Lipinski definition) is 6. The smallest absolute Gasteiger partial charge is 0.436 e. The minimum absolute atomic E-state index is 0.000756. The van der Waals surface area contributed by atoms with Crippen LogP contribution in [0.2, 0.25) is 6.04 Å². The van der Waals surface area contributed by atoms with E-state index in [1.807, 2.05) is 6.92 Å². The van der Waals surface area contributed by atoms with E-state index < -0.39 is 15.1 Å². The fraction of sp³-hybridized carbons (Fsp3) is 0.941. The van der Waals surface area contributed by atoms with E-state index >= 15 is 0 Å². The van der Waals surface area contributed by atoms with Crippen LogP contribution in [-0.2, 0) is 27.5 Å². The molecular formula is C17H36O6Si. The molecule has 0 aromatic rings. The third-order valence-electron chi connectivity index (χ3n) is 3.88. The van der Waals surface area contributed by atoms with E-state index in [2.05, 4.69) is 6.92 Å². The molecule has 0 saturated carbocycles. The van der Waals surface area contributed by atoms with Gasteiger partial charge >= 0.3 is 14.8 Å². The highest BCUT2D eigenvalue weighted by molar-refractivity contribution is 6.60. The Hall–Kier alpha value is -0.473. The first kappa shape index (κ1) is 23.5. The highest BCUT2D eigenvalue weighted by Gasteiger charge is 2.38. The van der Waals surface area contributed by atoms with Gasteiger partial charge in [0, 0.05) is 33.1 Å². The lowest BCUT2D eigenvalue weighted by atomic mass is 10.1. The van der Waals surface area contributed by atoms with Gasteiger partial charge in [-0.15, -0.1) is 0 Å². The van der Waals surface area contributed by atoms with Gasteiger partial charge in [-0.3, -0.25) is 4.79 Å². The van der Waals surface area contributed by atoms with E-state index in [4.69, 9.17) is 22.8 Å². The first-order valence-electron chi connectivity index (χ1n) is 9.12. The van der Waals surface area contributed by atoms with Gasteiger partial charge in [0.25, 0.3) is 0 Å². The Bertz CT molecular complexity index is 309. The molecule has 0 aliphatic heterocycles. The van der Waals surface area contributed by atoms with Crippen LogP contribution in [0.1, 0.15) is 72.1 Å². The standard InChI is InChI=1S/C17H36O6Si/c1-6-9-10-11-12-13-14-24(19-4,20-5)22-15-21-17(8-3)23-16(18)7-2/h17H,6-15H2,1-5H3. The Kier molecular flexibility index (Phi) is 14.5. The van der Waals surface area contributed by atoms with Crippen molar-refractivity contribution in [3.05, 3.63) is 0 Å². The molecule has 0 aromatic heterocycles. The summed E-state index contributed by atoms with van der Waals surface area (Å²) >= 11 is 0. The molecule has 0 aliphatic rings. The summed E-state index contributed by atoms with van der Waals surface area (Å²) in [7, 11) is 0.519. The van der Waals surface area contributed by atoms with Gasteiger partial charge in [-0.1, -0.05) is 52.9 Å². The van der Waals surface area contributed by atoms with Crippen LogP contribution < -0.4 is 0 Å². The van der Waals surface area contributed by atoms with Crippen LogP contribution in [0.4, 0.5) is 0 Å². The lowest BCUT2D eigenvalue weighted by molar-refractivity contribution is -0.196. The molecule has 7 heteroatoms. The zero-order valence-electron chi connectivity index (χ0n) is 16.1. The van der Waals surface area contributed by atoms with Crippen molar-refractivity contribution in [2.24, 2.45) is 0 Å². The van der Waals surface area contributed by atoms with Gasteiger partial charge in [0.05, 0.1) is 0 Å². The predicted molar refractivity (Wildman–Crippen MR) is 95.5 cm³/mol. The van der Waals surface area contributed by atoms with Crippen molar-refractivity contribution in [3.63, 3.8) is 0 Å². The lowest BCUT2D eigenvalue weighted by Crippen LogP contribution is -2.44. The summed E-state index contributed by atoms with van der Waals surface area (Å²) in [6.07, 6.45) is 7.51. The predicted octanol–water partition coefficient (Wildman–Crippen LogP) is 4.26. The molecule has 0 saturated heterocycles. The summed E-state index contributed by atoms with van der Waals surface area (Å²) in [4.78, 5) is 11.3. The lowest BCUT2D eigenvalue weighted by Gasteiger charge is -2.27. The summed E-state index contributed by atoms with van der Waals surface area (Å²) in [6.45, 7) is 5.85. The zero-order valence-corrected chi connectivity index (χ0v) is 17.1. The van der Waals surface area contributed by atoms with E-state index in [1.165, 1.54) is 25.7 Å². The van der Waals surface area contributed by atoms with Crippen LogP contribution in [0.15, 0.2) is 0 Å². The third kappa shape index (κ3) is 10.4. The van der Waals surface area contributed by atoms with Crippen molar-refractivity contribution >= 4 is 14.8 Å². The Balaban J connectivity index is 4.17. The summed E-state index contributed by atoms with van der Waals surface area (Å²) in [6, 6.07) is 0.765. The minimum Gasteiger partial charge on any atom is -0.436 e. The van der Waals surface area contributed by atoms with Crippen LogP contribution in [0.3, 0.4) is 0 Å². The second-order valence-electron chi connectivity index (χ2n) is 5.72. The number of hydrogen-bond donors (Lipinski definition) is 0. The van der Waals surface area contributed by atoms with E-state index in [1.54, 1.807) is 21.1 Å². The number of esters is 1. The van der Waals surface area contributed by atoms with Crippen LogP contribution in [0, 0.1) is 0 Å². The van der Waals surface area contributed by atoms with Crippen LogP contribution in [-0.4, -0.2) is 42.1 Å². The quantitative estimate of drug-likeness (QED) is 0.176. The molecule has 0 heterocycles. The van der Waals surface area contributed by atoms with Crippen molar-refractivity contribution in [2.75, 3.05) is 21.0 Å². The Morgan fingerprint density at radius 2 is 1.58 bits per heavy atom. The highest BCUT2D eigenvalue weighted by atomic mass is 28.4. The van der Waals surface area contributed by atoms with Crippen molar-refractivity contribution in [1.82, 2.24) is 0 Å². The van der Waals surface area contributed by atoms with E-state index in [-0.39, 0.29) is 12.8 Å². The summed E-state index contributed by atoms with van der Waals surface area (Å²) in [5, 5.41) is 0. The summed E-state index contributed by atoms with van der Waals surface area (Å²) < 4.78 is 27.5. The monoisotopic (exact) mass is 364 g/mol. The molecule has 0 amide bonds. The zero-order chi connectivity index (χ0) is 18.3. The Morgan fingerprint density at radius 1 is 0.958 bits per heavy atom. The van der Waals surface area contributed by atoms with Crippen molar-refractivity contribution < 1.29 is 27.5 Å². The van der Waals surface area contributed by atoms with Gasteiger partial charge in [-0.05, 0) is 6.42 Å². The maximum atomic E-state index is 11.3. The molecule has 0 fully saturated rings. The fourth-order valence-electron chi connectivity index (χ4n) is 2.26. The van der Waals surface area contributed by atoms with E-state index in [0.29, 0.717) is 12.8 Å². The number of rotatable bonds is 16. The molecule has 6 nitrogen and oxygen atoms in total.